The predicted octanol–water partition coefficient (Wildman–Crippen LogP) is 1.42. The molecule has 2 atom stereocenters. The number of nitrogens with zero attached hydrogens (tertiary/aromatic N) is 3. The van der Waals surface area contributed by atoms with E-state index in [-0.39, 0.29) is 31.0 Å². The lowest BCUT2D eigenvalue weighted by Gasteiger charge is -2.24. The van der Waals surface area contributed by atoms with Crippen LogP contribution in [-0.4, -0.2) is 69.7 Å². The van der Waals surface area contributed by atoms with Gasteiger partial charge in [0.15, 0.2) is 5.03 Å². The van der Waals surface area contributed by atoms with Crippen molar-refractivity contribution in [3.05, 3.63) is 93.7 Å². The van der Waals surface area contributed by atoms with Crippen LogP contribution in [0, 0.1) is 17.0 Å². The Morgan fingerprint density at radius 1 is 1.15 bits per heavy atom. The molecule has 1 unspecified atom stereocenters. The van der Waals surface area contributed by atoms with Crippen LogP contribution in [0.5, 0.6) is 0 Å². The third-order valence-corrected chi connectivity index (χ3v) is 6.17. The first-order valence-corrected chi connectivity index (χ1v) is 12.5. The van der Waals surface area contributed by atoms with Crippen molar-refractivity contribution in [1.82, 2.24) is 21.0 Å². The number of hydrazine groups is 1. The van der Waals surface area contributed by atoms with Crippen LogP contribution in [0.15, 0.2) is 77.5 Å². The number of nitro groups is 1. The second kappa shape index (κ2) is 13.6. The van der Waals surface area contributed by atoms with Crippen molar-refractivity contribution >= 4 is 29.9 Å². The van der Waals surface area contributed by atoms with Gasteiger partial charge < -0.3 is 20.6 Å². The van der Waals surface area contributed by atoms with Crippen molar-refractivity contribution in [1.29, 1.82) is 0 Å². The van der Waals surface area contributed by atoms with Gasteiger partial charge in [-0.15, -0.1) is 0 Å². The van der Waals surface area contributed by atoms with Gasteiger partial charge in [-0.05, 0) is 56.0 Å². The highest BCUT2D eigenvalue weighted by atomic mass is 16.7. The molecule has 0 aromatic heterocycles. The Balaban J connectivity index is 1.50. The number of amides is 3. The zero-order valence-electron chi connectivity index (χ0n) is 21.8. The first-order valence-electron chi connectivity index (χ1n) is 12.5. The summed E-state index contributed by atoms with van der Waals surface area (Å²) in [5, 5.41) is 24.8. The predicted molar refractivity (Wildman–Crippen MR) is 145 cm³/mol. The van der Waals surface area contributed by atoms with Gasteiger partial charge in [0.1, 0.15) is 6.04 Å². The molecule has 1 aromatic carbocycles. The van der Waals surface area contributed by atoms with Gasteiger partial charge in [0.05, 0.1) is 6.54 Å². The molecule has 210 valence electrons. The van der Waals surface area contributed by atoms with Gasteiger partial charge in [0.25, 0.3) is 17.5 Å². The van der Waals surface area contributed by atoms with Gasteiger partial charge in [-0.1, -0.05) is 41.9 Å². The number of hydrogen-bond acceptors (Lipinski definition) is 7. The second-order valence-corrected chi connectivity index (χ2v) is 9.05. The number of carbonyl (C=O) groups is 4. The summed E-state index contributed by atoms with van der Waals surface area (Å²) in [5.41, 5.74) is 1.53. The summed E-state index contributed by atoms with van der Waals surface area (Å²) in [6, 6.07) is 5.89. The number of rotatable bonds is 12. The van der Waals surface area contributed by atoms with Crippen molar-refractivity contribution in [3.8, 4) is 0 Å². The van der Waals surface area contributed by atoms with Gasteiger partial charge >= 0.3 is 5.97 Å². The molecule has 0 radical (unpaired) electrons. The Hall–Kier alpha value is -5.07. The standard InChI is InChI=1S/C27H30N6O7/c1-19-10-3-4-12-21(19)24(35)32-17-9-11-20(18-32)23(34)30-22(25(36)37)13-5-8-15-28-26(38)27(31-33(39)40)14-6-2-7-16-29-27/h2-4,6-7,9-12,14,16-17,22,31H,5,8,13,15,18H2,1H3,(H,28,38)(H,30,34)(H,36,37)/t22-,27?/m0/s1. The number of nitrogens with one attached hydrogen (secondary N) is 3. The highest BCUT2D eigenvalue weighted by Crippen LogP contribution is 2.16. The molecule has 0 fully saturated rings. The maximum Gasteiger partial charge on any atom is 0.326 e. The molecule has 0 spiro atoms. The number of allylic oxidation sites excluding steroid dienone is 5. The van der Waals surface area contributed by atoms with Crippen molar-refractivity contribution in [2.24, 2.45) is 4.99 Å². The summed E-state index contributed by atoms with van der Waals surface area (Å²) in [4.78, 5) is 66.5. The number of carbonyl (C=O) groups excluding carboxylic acids is 3. The summed E-state index contributed by atoms with van der Waals surface area (Å²) in [6.45, 7) is 1.90. The molecule has 13 heteroatoms. The van der Waals surface area contributed by atoms with Crippen LogP contribution < -0.4 is 16.1 Å². The van der Waals surface area contributed by atoms with Crippen LogP contribution in [0.3, 0.4) is 0 Å². The second-order valence-electron chi connectivity index (χ2n) is 9.05. The third kappa shape index (κ3) is 7.72. The molecule has 0 saturated carbocycles. The molecule has 3 rings (SSSR count). The minimum absolute atomic E-state index is 0.0136. The molecule has 0 aliphatic carbocycles. The topological polar surface area (TPSA) is 183 Å². The minimum Gasteiger partial charge on any atom is -0.480 e. The van der Waals surface area contributed by atoms with E-state index in [1.165, 1.54) is 35.4 Å². The monoisotopic (exact) mass is 550 g/mol. The first kappa shape index (κ1) is 29.5. The number of carboxylic acids is 1. The highest BCUT2D eigenvalue weighted by Gasteiger charge is 2.40. The molecule has 40 heavy (non-hydrogen) atoms. The van der Waals surface area contributed by atoms with Crippen LogP contribution in [0.2, 0.25) is 0 Å². The number of carboxylic acid groups (broad SMARTS) is 1. The normalized spacial score (nSPS) is 18.3. The van der Waals surface area contributed by atoms with Crippen molar-refractivity contribution in [3.63, 3.8) is 0 Å². The Morgan fingerprint density at radius 3 is 2.65 bits per heavy atom. The molecular weight excluding hydrogens is 520 g/mol. The maximum atomic E-state index is 12.9. The first-order chi connectivity index (χ1) is 19.1. The smallest absolute Gasteiger partial charge is 0.326 e. The molecule has 13 nitrogen and oxygen atoms in total. The fourth-order valence-corrected chi connectivity index (χ4v) is 4.03. The van der Waals surface area contributed by atoms with E-state index in [1.54, 1.807) is 30.5 Å². The van der Waals surface area contributed by atoms with Crippen molar-refractivity contribution < 1.29 is 29.3 Å². The fourth-order valence-electron chi connectivity index (χ4n) is 4.03. The Kier molecular flexibility index (Phi) is 10.1. The highest BCUT2D eigenvalue weighted by molar-refractivity contribution is 6.00. The molecule has 4 N–H and O–H groups in total. The summed E-state index contributed by atoms with van der Waals surface area (Å²) in [5.74, 6) is -2.85. The van der Waals surface area contributed by atoms with Crippen LogP contribution in [-0.2, 0) is 14.4 Å². The Bertz CT molecular complexity index is 1300. The van der Waals surface area contributed by atoms with Crippen LogP contribution in [0.1, 0.15) is 35.2 Å². The molecule has 3 amide bonds. The molecular formula is C27H30N6O7. The van der Waals surface area contributed by atoms with Crippen molar-refractivity contribution in [2.45, 2.75) is 37.9 Å². The van der Waals surface area contributed by atoms with Crippen LogP contribution >= 0.6 is 0 Å². The van der Waals surface area contributed by atoms with Gasteiger partial charge in [-0.3, -0.25) is 14.4 Å². The average Bonchev–Trinajstić information content (AvgIpc) is 3.17. The third-order valence-electron chi connectivity index (χ3n) is 6.17. The zero-order chi connectivity index (χ0) is 29.1. The minimum atomic E-state index is -1.92. The molecule has 2 heterocycles. The van der Waals surface area contributed by atoms with E-state index in [0.717, 1.165) is 5.56 Å². The number of aliphatic carboxylic acids is 1. The average molecular weight is 551 g/mol. The number of aryl methyl sites for hydroxylation is 1. The van der Waals surface area contributed by atoms with Gasteiger partial charge in [0.2, 0.25) is 5.91 Å². The lowest BCUT2D eigenvalue weighted by Crippen LogP contribution is -2.56. The molecule has 0 saturated heterocycles. The van der Waals surface area contributed by atoms with E-state index in [4.69, 9.17) is 0 Å². The van der Waals surface area contributed by atoms with Crippen LogP contribution in [0.25, 0.3) is 0 Å². The summed E-state index contributed by atoms with van der Waals surface area (Å²) < 4.78 is 0. The van der Waals surface area contributed by atoms with E-state index in [1.807, 2.05) is 24.5 Å². The van der Waals surface area contributed by atoms with E-state index in [2.05, 4.69) is 15.6 Å². The number of aliphatic imine (C=N–C) groups is 1. The van der Waals surface area contributed by atoms with Crippen LogP contribution in [0.4, 0.5) is 0 Å². The Labute approximate surface area is 230 Å². The molecule has 1 aromatic rings. The lowest BCUT2D eigenvalue weighted by molar-refractivity contribution is -0.553. The summed E-state index contributed by atoms with van der Waals surface area (Å²) in [6.07, 6.45) is 12.5. The molecule has 2 aliphatic heterocycles. The number of benzene rings is 1. The van der Waals surface area contributed by atoms with E-state index in [0.29, 0.717) is 18.4 Å². The molecule has 0 bridgehead atoms. The number of hydrogen-bond donors (Lipinski definition) is 4. The lowest BCUT2D eigenvalue weighted by atomic mass is 10.1. The SMILES string of the molecule is Cc1ccccc1C(=O)N1C=CC=C(C(=O)N[C@@H](CCCCNC(=O)C2(N[N+](=O)[O-])C=CC=CC=N2)C(=O)O)C1. The summed E-state index contributed by atoms with van der Waals surface area (Å²) >= 11 is 0. The van der Waals surface area contributed by atoms with E-state index < -0.39 is 34.5 Å². The molecule has 2 aliphatic rings. The van der Waals surface area contributed by atoms with Gasteiger partial charge in [-0.25, -0.2) is 19.9 Å². The van der Waals surface area contributed by atoms with E-state index >= 15 is 0 Å². The number of unbranched alkanes of at least 4 members (excludes halogenated alkanes) is 1. The summed E-state index contributed by atoms with van der Waals surface area (Å²) in [7, 11) is 0. The largest absolute Gasteiger partial charge is 0.480 e. The zero-order valence-corrected chi connectivity index (χ0v) is 21.8. The maximum absolute atomic E-state index is 12.9. The quantitative estimate of drug-likeness (QED) is 0.171. The van der Waals surface area contributed by atoms with Gasteiger partial charge in [-0.2, -0.15) is 0 Å². The van der Waals surface area contributed by atoms with E-state index in [9.17, 15) is 34.4 Å². The fraction of sp³-hybridized carbons (Fsp3) is 0.296. The van der Waals surface area contributed by atoms with Gasteiger partial charge in [0, 0.05) is 30.1 Å². The Morgan fingerprint density at radius 2 is 1.93 bits per heavy atom. The van der Waals surface area contributed by atoms with Crippen molar-refractivity contribution in [2.75, 3.05) is 13.1 Å².